The van der Waals surface area contributed by atoms with Crippen molar-refractivity contribution in [2.45, 2.75) is 51.5 Å². The Balaban J connectivity index is 2.05. The number of hydrogen-bond donors (Lipinski definition) is 2. The van der Waals surface area contributed by atoms with Crippen molar-refractivity contribution < 1.29 is 0 Å². The van der Waals surface area contributed by atoms with Crippen LogP contribution in [-0.2, 0) is 0 Å². The summed E-state index contributed by atoms with van der Waals surface area (Å²) in [4.78, 5) is 7.95. The summed E-state index contributed by atoms with van der Waals surface area (Å²) in [6, 6.07) is 0.455. The first-order valence-corrected chi connectivity index (χ1v) is 6.09. The Bertz CT molecular complexity index is 300. The van der Waals surface area contributed by atoms with Gasteiger partial charge in [-0.25, -0.2) is 4.98 Å². The number of nitrogens with zero attached hydrogens (tertiary/aromatic N) is 1. The average Bonchev–Trinajstić information content (AvgIpc) is 2.78. The van der Waals surface area contributed by atoms with Gasteiger partial charge in [0.2, 0.25) is 0 Å². The number of imidazole rings is 1. The highest BCUT2D eigenvalue weighted by atomic mass is 15.0. The lowest BCUT2D eigenvalue weighted by molar-refractivity contribution is 0.399. The molecule has 0 aliphatic carbocycles. The van der Waals surface area contributed by atoms with Crippen LogP contribution in [0.1, 0.15) is 63.0 Å². The fraction of sp³-hybridized carbons (Fsp3) is 0.750. The number of hydrogen-bond acceptors (Lipinski definition) is 2. The van der Waals surface area contributed by atoms with Gasteiger partial charge in [-0.15, -0.1) is 0 Å². The topological polar surface area (TPSA) is 40.7 Å². The molecule has 1 aromatic heterocycles. The average molecular weight is 207 g/mol. The molecule has 0 saturated carbocycles. The Labute approximate surface area is 91.7 Å². The van der Waals surface area contributed by atoms with Crippen LogP contribution >= 0.6 is 0 Å². The number of rotatable bonds is 3. The molecule has 0 spiro atoms. The molecular formula is C12H21N3. The van der Waals surface area contributed by atoms with Crippen molar-refractivity contribution in [2.24, 2.45) is 0 Å². The molecule has 1 aliphatic heterocycles. The SMILES string of the molecule is CCC(C)c1cnc(C2CCCCN2)[nH]1. The summed E-state index contributed by atoms with van der Waals surface area (Å²) < 4.78 is 0. The molecule has 2 N–H and O–H groups in total. The van der Waals surface area contributed by atoms with Gasteiger partial charge in [0.05, 0.1) is 6.04 Å². The Hall–Kier alpha value is -0.830. The van der Waals surface area contributed by atoms with E-state index in [9.17, 15) is 0 Å². The Kier molecular flexibility index (Phi) is 3.41. The van der Waals surface area contributed by atoms with Crippen LogP contribution in [0.2, 0.25) is 0 Å². The molecule has 2 rings (SSSR count). The maximum atomic E-state index is 4.49. The van der Waals surface area contributed by atoms with E-state index in [1.54, 1.807) is 0 Å². The van der Waals surface area contributed by atoms with E-state index in [-0.39, 0.29) is 0 Å². The molecule has 84 valence electrons. The summed E-state index contributed by atoms with van der Waals surface area (Å²) >= 11 is 0. The van der Waals surface area contributed by atoms with Crippen molar-refractivity contribution in [3.05, 3.63) is 17.7 Å². The van der Waals surface area contributed by atoms with E-state index in [1.807, 2.05) is 6.20 Å². The van der Waals surface area contributed by atoms with Gasteiger partial charge in [0.15, 0.2) is 0 Å². The standard InChI is InChI=1S/C12H21N3/c1-3-9(2)11-8-14-12(15-11)10-6-4-5-7-13-10/h8-10,13H,3-7H2,1-2H3,(H,14,15). The minimum absolute atomic E-state index is 0.455. The van der Waals surface area contributed by atoms with Crippen LogP contribution in [0.4, 0.5) is 0 Å². The first-order chi connectivity index (χ1) is 7.31. The molecule has 1 fully saturated rings. The van der Waals surface area contributed by atoms with Crippen molar-refractivity contribution >= 4 is 0 Å². The minimum atomic E-state index is 0.455. The predicted octanol–water partition coefficient (Wildman–Crippen LogP) is 2.74. The van der Waals surface area contributed by atoms with Gasteiger partial charge in [0.25, 0.3) is 0 Å². The summed E-state index contributed by atoms with van der Waals surface area (Å²) in [5, 5.41) is 3.51. The quantitative estimate of drug-likeness (QED) is 0.800. The number of aromatic nitrogens is 2. The van der Waals surface area contributed by atoms with Crippen LogP contribution in [0.5, 0.6) is 0 Å². The van der Waals surface area contributed by atoms with Crippen LogP contribution in [0.15, 0.2) is 6.20 Å². The third kappa shape index (κ3) is 2.40. The largest absolute Gasteiger partial charge is 0.344 e. The van der Waals surface area contributed by atoms with Crippen molar-refractivity contribution in [1.29, 1.82) is 0 Å². The van der Waals surface area contributed by atoms with E-state index in [4.69, 9.17) is 0 Å². The second kappa shape index (κ2) is 4.79. The summed E-state index contributed by atoms with van der Waals surface area (Å²) in [5.41, 5.74) is 1.28. The molecule has 2 atom stereocenters. The predicted molar refractivity (Wildman–Crippen MR) is 61.9 cm³/mol. The van der Waals surface area contributed by atoms with Gasteiger partial charge in [-0.2, -0.15) is 0 Å². The Morgan fingerprint density at radius 3 is 3.07 bits per heavy atom. The summed E-state index contributed by atoms with van der Waals surface area (Å²) in [7, 11) is 0. The second-order valence-corrected chi connectivity index (χ2v) is 4.54. The number of aromatic amines is 1. The lowest BCUT2D eigenvalue weighted by Crippen LogP contribution is -2.27. The van der Waals surface area contributed by atoms with Crippen molar-refractivity contribution in [1.82, 2.24) is 15.3 Å². The van der Waals surface area contributed by atoms with E-state index in [0.717, 1.165) is 12.4 Å². The zero-order chi connectivity index (χ0) is 10.7. The summed E-state index contributed by atoms with van der Waals surface area (Å²) in [6.45, 7) is 5.58. The molecule has 1 aliphatic rings. The maximum absolute atomic E-state index is 4.49. The third-order valence-electron chi connectivity index (χ3n) is 3.40. The molecule has 0 amide bonds. The highest BCUT2D eigenvalue weighted by molar-refractivity contribution is 5.09. The normalized spacial score (nSPS) is 24.0. The fourth-order valence-corrected chi connectivity index (χ4v) is 2.08. The van der Waals surface area contributed by atoms with Crippen LogP contribution < -0.4 is 5.32 Å². The molecular weight excluding hydrogens is 186 g/mol. The molecule has 1 saturated heterocycles. The molecule has 1 aromatic rings. The molecule has 2 unspecified atom stereocenters. The Morgan fingerprint density at radius 1 is 1.53 bits per heavy atom. The fourth-order valence-electron chi connectivity index (χ4n) is 2.08. The first kappa shape index (κ1) is 10.7. The molecule has 15 heavy (non-hydrogen) atoms. The molecule has 0 bridgehead atoms. The first-order valence-electron chi connectivity index (χ1n) is 6.09. The molecule has 0 aromatic carbocycles. The highest BCUT2D eigenvalue weighted by Gasteiger charge is 2.18. The van der Waals surface area contributed by atoms with E-state index in [2.05, 4.69) is 29.1 Å². The Morgan fingerprint density at radius 2 is 2.40 bits per heavy atom. The van der Waals surface area contributed by atoms with Gasteiger partial charge in [-0.05, 0) is 31.7 Å². The monoisotopic (exact) mass is 207 g/mol. The van der Waals surface area contributed by atoms with Gasteiger partial charge in [-0.3, -0.25) is 0 Å². The van der Waals surface area contributed by atoms with Crippen molar-refractivity contribution in [2.75, 3.05) is 6.54 Å². The van der Waals surface area contributed by atoms with Gasteiger partial charge >= 0.3 is 0 Å². The number of nitrogens with one attached hydrogen (secondary N) is 2. The third-order valence-corrected chi connectivity index (χ3v) is 3.40. The molecule has 0 radical (unpaired) electrons. The minimum Gasteiger partial charge on any atom is -0.344 e. The van der Waals surface area contributed by atoms with Gasteiger partial charge in [0, 0.05) is 11.9 Å². The zero-order valence-corrected chi connectivity index (χ0v) is 9.71. The number of piperidine rings is 1. The van der Waals surface area contributed by atoms with E-state index >= 15 is 0 Å². The molecule has 3 nitrogen and oxygen atoms in total. The van der Waals surface area contributed by atoms with Crippen molar-refractivity contribution in [3.8, 4) is 0 Å². The van der Waals surface area contributed by atoms with Crippen LogP contribution in [0, 0.1) is 0 Å². The van der Waals surface area contributed by atoms with E-state index < -0.39 is 0 Å². The van der Waals surface area contributed by atoms with Gasteiger partial charge in [0.1, 0.15) is 5.82 Å². The van der Waals surface area contributed by atoms with Crippen LogP contribution in [0.25, 0.3) is 0 Å². The molecule has 2 heterocycles. The molecule has 3 heteroatoms. The number of H-pyrrole nitrogens is 1. The highest BCUT2D eigenvalue weighted by Crippen LogP contribution is 2.23. The van der Waals surface area contributed by atoms with Crippen LogP contribution in [0.3, 0.4) is 0 Å². The lowest BCUT2D eigenvalue weighted by Gasteiger charge is -2.21. The van der Waals surface area contributed by atoms with Crippen LogP contribution in [-0.4, -0.2) is 16.5 Å². The lowest BCUT2D eigenvalue weighted by atomic mass is 10.0. The van der Waals surface area contributed by atoms with Crippen molar-refractivity contribution in [3.63, 3.8) is 0 Å². The summed E-state index contributed by atoms with van der Waals surface area (Å²) in [5.74, 6) is 1.72. The van der Waals surface area contributed by atoms with E-state index in [1.165, 1.54) is 31.4 Å². The zero-order valence-electron chi connectivity index (χ0n) is 9.71. The maximum Gasteiger partial charge on any atom is 0.123 e. The smallest absolute Gasteiger partial charge is 0.123 e. The van der Waals surface area contributed by atoms with E-state index in [0.29, 0.717) is 12.0 Å². The van der Waals surface area contributed by atoms with Gasteiger partial charge < -0.3 is 10.3 Å². The second-order valence-electron chi connectivity index (χ2n) is 4.54. The van der Waals surface area contributed by atoms with Gasteiger partial charge in [-0.1, -0.05) is 20.3 Å². The summed E-state index contributed by atoms with van der Waals surface area (Å²) in [6.07, 6.45) is 7.00.